The van der Waals surface area contributed by atoms with Crippen LogP contribution in [0.1, 0.15) is 60.4 Å². The van der Waals surface area contributed by atoms with Gasteiger partial charge in [0.2, 0.25) is 15.8 Å². The zero-order valence-corrected chi connectivity index (χ0v) is 21.1. The third-order valence-electron chi connectivity index (χ3n) is 6.73. The zero-order valence-electron chi connectivity index (χ0n) is 20.3. The van der Waals surface area contributed by atoms with Crippen molar-refractivity contribution in [3.05, 3.63) is 124 Å². The van der Waals surface area contributed by atoms with E-state index in [1.165, 1.54) is 0 Å². The van der Waals surface area contributed by atoms with Gasteiger partial charge in [0, 0.05) is 30.3 Å². The number of carbonyl (C=O) groups is 2. The predicted molar refractivity (Wildman–Crippen MR) is 138 cm³/mol. The number of fused-ring (bicyclic) bond motifs is 2. The largest absolute Gasteiger partial charge is 0.344 e. The molecule has 0 radical (unpaired) electrons. The van der Waals surface area contributed by atoms with Crippen LogP contribution >= 0.6 is 0 Å². The van der Waals surface area contributed by atoms with Crippen molar-refractivity contribution in [1.82, 2.24) is 9.29 Å². The Hall–Kier alpha value is -3.81. The molecule has 182 valence electrons. The van der Waals surface area contributed by atoms with Crippen LogP contribution in [0.25, 0.3) is 0 Å². The number of aromatic nitrogens is 1. The fraction of sp³-hybridized carbons (Fsp3) is 0.172. The van der Waals surface area contributed by atoms with Gasteiger partial charge in [-0.1, -0.05) is 71.8 Å². The summed E-state index contributed by atoms with van der Waals surface area (Å²) in [5, 5.41) is 0. The third-order valence-corrected chi connectivity index (χ3v) is 8.22. The molecule has 1 unspecified atom stereocenters. The van der Waals surface area contributed by atoms with Crippen molar-refractivity contribution < 1.29 is 18.0 Å². The molecule has 1 aliphatic rings. The van der Waals surface area contributed by atoms with E-state index < -0.39 is 16.1 Å². The molecule has 4 aromatic rings. The van der Waals surface area contributed by atoms with Crippen molar-refractivity contribution in [3.63, 3.8) is 0 Å². The van der Waals surface area contributed by atoms with Crippen molar-refractivity contribution in [2.24, 2.45) is 7.05 Å². The Morgan fingerprint density at radius 1 is 0.778 bits per heavy atom. The molecule has 5 rings (SSSR count). The van der Waals surface area contributed by atoms with E-state index in [9.17, 15) is 18.0 Å². The average Bonchev–Trinajstić information content (AvgIpc) is 3.19. The van der Waals surface area contributed by atoms with Gasteiger partial charge in [-0.05, 0) is 37.6 Å². The minimum absolute atomic E-state index is 0.178. The monoisotopic (exact) mass is 498 g/mol. The highest BCUT2D eigenvalue weighted by molar-refractivity contribution is 7.89. The molecule has 1 atom stereocenters. The van der Waals surface area contributed by atoms with E-state index in [-0.39, 0.29) is 22.9 Å². The van der Waals surface area contributed by atoms with Gasteiger partial charge in [0.25, 0.3) is 0 Å². The van der Waals surface area contributed by atoms with Crippen LogP contribution in [-0.4, -0.2) is 24.6 Å². The van der Waals surface area contributed by atoms with Gasteiger partial charge in [-0.15, -0.1) is 0 Å². The Morgan fingerprint density at radius 3 is 1.94 bits per heavy atom. The van der Waals surface area contributed by atoms with Crippen LogP contribution < -0.4 is 4.72 Å². The maximum Gasteiger partial charge on any atom is 0.241 e. The Balaban J connectivity index is 1.54. The predicted octanol–water partition coefficient (Wildman–Crippen LogP) is 4.68. The summed E-state index contributed by atoms with van der Waals surface area (Å²) >= 11 is 0. The lowest BCUT2D eigenvalue weighted by atomic mass is 9.88. The lowest BCUT2D eigenvalue weighted by Crippen LogP contribution is -2.30. The molecule has 0 fully saturated rings. The van der Waals surface area contributed by atoms with Crippen LogP contribution in [0.15, 0.2) is 83.8 Å². The van der Waals surface area contributed by atoms with Crippen molar-refractivity contribution in [2.45, 2.75) is 31.2 Å². The lowest BCUT2D eigenvalue weighted by Gasteiger charge is -2.21. The highest BCUT2D eigenvalue weighted by Crippen LogP contribution is 2.31. The minimum Gasteiger partial charge on any atom is -0.344 e. The summed E-state index contributed by atoms with van der Waals surface area (Å²) in [6.45, 7) is 3.87. The van der Waals surface area contributed by atoms with Gasteiger partial charge >= 0.3 is 0 Å². The van der Waals surface area contributed by atoms with E-state index in [4.69, 9.17) is 0 Å². The summed E-state index contributed by atoms with van der Waals surface area (Å²) in [6, 6.07) is 22.3. The van der Waals surface area contributed by atoms with E-state index in [0.29, 0.717) is 28.1 Å². The highest BCUT2D eigenvalue weighted by atomic mass is 32.2. The normalized spacial score (nSPS) is 13.9. The molecule has 1 N–H and O–H groups in total. The molecule has 0 saturated heterocycles. The number of hydrogen-bond donors (Lipinski definition) is 1. The van der Waals surface area contributed by atoms with Gasteiger partial charge in [0.15, 0.2) is 5.78 Å². The molecule has 7 heteroatoms. The van der Waals surface area contributed by atoms with E-state index in [0.717, 1.165) is 16.7 Å². The number of nitrogens with zero attached hydrogens (tertiary/aromatic N) is 1. The second-order valence-electron chi connectivity index (χ2n) is 9.26. The second-order valence-corrected chi connectivity index (χ2v) is 11.0. The number of sulfonamides is 1. The van der Waals surface area contributed by atoms with E-state index in [2.05, 4.69) is 4.72 Å². The number of benzene rings is 3. The van der Waals surface area contributed by atoms with Gasteiger partial charge in [-0.2, -0.15) is 0 Å². The molecule has 0 amide bonds. The van der Waals surface area contributed by atoms with Gasteiger partial charge in [0.1, 0.15) is 5.69 Å². The number of nitrogens with one attached hydrogen (secondary N) is 1. The molecule has 6 nitrogen and oxygen atoms in total. The SMILES string of the molecule is Cc1ccc(C(Cc2cc3c(n2C)C(=O)c2ccccc2C3=O)NS(=O)(=O)c2ccc(C)cc2)cc1. The zero-order chi connectivity index (χ0) is 25.6. The molecule has 1 aliphatic carbocycles. The van der Waals surface area contributed by atoms with Crippen molar-refractivity contribution >= 4 is 21.6 Å². The number of rotatable bonds is 6. The van der Waals surface area contributed by atoms with Crippen LogP contribution in [0.2, 0.25) is 0 Å². The summed E-state index contributed by atoms with van der Waals surface area (Å²) in [7, 11) is -2.08. The van der Waals surface area contributed by atoms with E-state index in [1.807, 2.05) is 38.1 Å². The Kier molecular flexibility index (Phi) is 5.98. The van der Waals surface area contributed by atoms with Crippen LogP contribution in [-0.2, 0) is 23.5 Å². The van der Waals surface area contributed by atoms with Crippen LogP contribution in [0.5, 0.6) is 0 Å². The van der Waals surface area contributed by atoms with Crippen LogP contribution in [0, 0.1) is 13.8 Å². The molecular formula is C29H26N2O4S. The van der Waals surface area contributed by atoms with E-state index >= 15 is 0 Å². The summed E-state index contributed by atoms with van der Waals surface area (Å²) in [5.41, 5.74) is 4.96. The first-order valence-electron chi connectivity index (χ1n) is 11.7. The fourth-order valence-electron chi connectivity index (χ4n) is 4.66. The lowest BCUT2D eigenvalue weighted by molar-refractivity contribution is 0.0974. The Morgan fingerprint density at radius 2 is 1.33 bits per heavy atom. The number of aryl methyl sites for hydroxylation is 2. The summed E-state index contributed by atoms with van der Waals surface area (Å²) < 4.78 is 31.1. The molecule has 0 spiro atoms. The first-order chi connectivity index (χ1) is 17.2. The average molecular weight is 499 g/mol. The number of ketones is 2. The molecule has 0 aliphatic heterocycles. The Labute approximate surface area is 210 Å². The summed E-state index contributed by atoms with van der Waals surface area (Å²) in [5.74, 6) is -0.407. The third kappa shape index (κ3) is 4.21. The number of carbonyl (C=O) groups excluding carboxylic acids is 2. The standard InChI is InChI=1S/C29H26N2O4S/c1-18-8-12-20(13-9-18)26(30-36(34,35)22-14-10-19(2)11-15-22)17-21-16-25-27(31(21)3)29(33)24-7-5-4-6-23(24)28(25)32/h4-16,26,30H,17H2,1-3H3. The molecule has 0 saturated carbocycles. The molecular weight excluding hydrogens is 472 g/mol. The smallest absolute Gasteiger partial charge is 0.241 e. The molecule has 3 aromatic carbocycles. The van der Waals surface area contributed by atoms with Crippen molar-refractivity contribution in [1.29, 1.82) is 0 Å². The minimum atomic E-state index is -3.83. The highest BCUT2D eigenvalue weighted by Gasteiger charge is 2.34. The maximum absolute atomic E-state index is 13.3. The van der Waals surface area contributed by atoms with Crippen LogP contribution in [0.4, 0.5) is 0 Å². The fourth-order valence-corrected chi connectivity index (χ4v) is 5.88. The summed E-state index contributed by atoms with van der Waals surface area (Å²) in [4.78, 5) is 26.6. The van der Waals surface area contributed by atoms with Gasteiger partial charge in [0.05, 0.1) is 16.5 Å². The molecule has 1 heterocycles. The van der Waals surface area contributed by atoms with Gasteiger partial charge in [-0.3, -0.25) is 9.59 Å². The first kappa shape index (κ1) is 23.9. The number of hydrogen-bond acceptors (Lipinski definition) is 4. The van der Waals surface area contributed by atoms with E-state index in [1.54, 1.807) is 66.2 Å². The quantitative estimate of drug-likeness (QED) is 0.368. The first-order valence-corrected chi connectivity index (χ1v) is 13.2. The summed E-state index contributed by atoms with van der Waals surface area (Å²) in [6.07, 6.45) is 0.258. The second kappa shape index (κ2) is 9.00. The topological polar surface area (TPSA) is 85.2 Å². The van der Waals surface area contributed by atoms with Gasteiger partial charge in [-0.25, -0.2) is 13.1 Å². The molecule has 0 bridgehead atoms. The Bertz CT molecular complexity index is 1600. The van der Waals surface area contributed by atoms with Gasteiger partial charge < -0.3 is 4.57 Å². The van der Waals surface area contributed by atoms with Crippen molar-refractivity contribution in [2.75, 3.05) is 0 Å². The maximum atomic E-state index is 13.3. The van der Waals surface area contributed by atoms with Crippen molar-refractivity contribution in [3.8, 4) is 0 Å². The van der Waals surface area contributed by atoms with Crippen LogP contribution in [0.3, 0.4) is 0 Å². The molecule has 36 heavy (non-hydrogen) atoms. The molecule has 1 aromatic heterocycles.